The van der Waals surface area contributed by atoms with Crippen LogP contribution in [0.2, 0.25) is 5.02 Å². The van der Waals surface area contributed by atoms with E-state index in [1.54, 1.807) is 0 Å². The second kappa shape index (κ2) is 3.64. The van der Waals surface area contributed by atoms with Gasteiger partial charge >= 0.3 is 0 Å². The van der Waals surface area contributed by atoms with Crippen LogP contribution >= 0.6 is 22.9 Å². The first-order valence-corrected chi connectivity index (χ1v) is 5.41. The fraction of sp³-hybridized carbons (Fsp3) is 0.0909. The van der Waals surface area contributed by atoms with Gasteiger partial charge in [-0.15, -0.1) is 0 Å². The molecule has 0 radical (unpaired) electrons. The van der Waals surface area contributed by atoms with E-state index >= 15 is 0 Å². The zero-order valence-electron chi connectivity index (χ0n) is 7.62. The van der Waals surface area contributed by atoms with Crippen LogP contribution in [-0.2, 0) is 0 Å². The van der Waals surface area contributed by atoms with Crippen LogP contribution in [0.5, 0.6) is 5.06 Å². The molecule has 0 aliphatic carbocycles. The fourth-order valence-corrected chi connectivity index (χ4v) is 2.27. The van der Waals surface area contributed by atoms with Crippen molar-refractivity contribution < 1.29 is 5.11 Å². The molecule has 72 valence electrons. The van der Waals surface area contributed by atoms with Crippen molar-refractivity contribution in [3.8, 4) is 15.5 Å². The summed E-state index contributed by atoms with van der Waals surface area (Å²) >= 11 is 7.18. The maximum atomic E-state index is 9.45. The fourth-order valence-electron chi connectivity index (χ4n) is 1.23. The van der Waals surface area contributed by atoms with E-state index in [0.29, 0.717) is 5.06 Å². The van der Waals surface area contributed by atoms with Crippen LogP contribution < -0.4 is 0 Å². The first-order valence-electron chi connectivity index (χ1n) is 4.22. The summed E-state index contributed by atoms with van der Waals surface area (Å²) in [5.74, 6) is 0. The Balaban J connectivity index is 2.44. The van der Waals surface area contributed by atoms with E-state index in [1.165, 1.54) is 11.3 Å². The van der Waals surface area contributed by atoms with Gasteiger partial charge in [0.1, 0.15) is 0 Å². The molecular weight excluding hydrogens is 216 g/mol. The minimum atomic E-state index is 0.384. The summed E-state index contributed by atoms with van der Waals surface area (Å²) in [6.07, 6.45) is 0. The summed E-state index contributed by atoms with van der Waals surface area (Å²) < 4.78 is 0. The molecule has 1 N–H and O–H groups in total. The summed E-state index contributed by atoms with van der Waals surface area (Å²) in [6.45, 7) is 1.89. The van der Waals surface area contributed by atoms with E-state index in [1.807, 2.05) is 37.3 Å². The predicted molar refractivity (Wildman–Crippen MR) is 61.2 cm³/mol. The molecule has 0 atom stereocenters. The van der Waals surface area contributed by atoms with Gasteiger partial charge in [0.05, 0.1) is 0 Å². The maximum absolute atomic E-state index is 9.45. The Morgan fingerprint density at radius 1 is 1.21 bits per heavy atom. The molecule has 1 heterocycles. The second-order valence-electron chi connectivity index (χ2n) is 3.11. The van der Waals surface area contributed by atoms with E-state index in [0.717, 1.165) is 21.0 Å². The molecule has 1 nitrogen and oxygen atoms in total. The van der Waals surface area contributed by atoms with Crippen LogP contribution in [0.4, 0.5) is 0 Å². The van der Waals surface area contributed by atoms with Crippen molar-refractivity contribution in [2.24, 2.45) is 0 Å². The molecule has 14 heavy (non-hydrogen) atoms. The van der Waals surface area contributed by atoms with Gasteiger partial charge in [0.15, 0.2) is 5.06 Å². The maximum Gasteiger partial charge on any atom is 0.174 e. The lowest BCUT2D eigenvalue weighted by molar-refractivity contribution is 0.487. The van der Waals surface area contributed by atoms with E-state index in [-0.39, 0.29) is 0 Å². The molecule has 1 aromatic heterocycles. The first kappa shape index (κ1) is 9.56. The Morgan fingerprint density at radius 2 is 1.86 bits per heavy atom. The van der Waals surface area contributed by atoms with Crippen molar-refractivity contribution >= 4 is 22.9 Å². The van der Waals surface area contributed by atoms with E-state index in [4.69, 9.17) is 11.6 Å². The highest BCUT2D eigenvalue weighted by Gasteiger charge is 2.05. The molecule has 3 heteroatoms. The van der Waals surface area contributed by atoms with Gasteiger partial charge < -0.3 is 5.11 Å². The number of aryl methyl sites for hydroxylation is 1. The van der Waals surface area contributed by atoms with Crippen molar-refractivity contribution in [3.05, 3.63) is 40.9 Å². The van der Waals surface area contributed by atoms with E-state index < -0.39 is 0 Å². The van der Waals surface area contributed by atoms with Crippen molar-refractivity contribution in [1.82, 2.24) is 0 Å². The molecule has 0 fully saturated rings. The van der Waals surface area contributed by atoms with Crippen molar-refractivity contribution in [1.29, 1.82) is 0 Å². The van der Waals surface area contributed by atoms with Crippen molar-refractivity contribution in [2.75, 3.05) is 0 Å². The Hall–Kier alpha value is -0.990. The number of halogens is 1. The smallest absolute Gasteiger partial charge is 0.174 e. The zero-order chi connectivity index (χ0) is 10.1. The van der Waals surface area contributed by atoms with Crippen LogP contribution in [0.25, 0.3) is 10.4 Å². The van der Waals surface area contributed by atoms with Gasteiger partial charge in [-0.1, -0.05) is 35.1 Å². The monoisotopic (exact) mass is 224 g/mol. The molecule has 0 unspecified atom stereocenters. The standard InChI is InChI=1S/C11H9ClOS/c1-7-6-10(14-11(7)13)8-2-4-9(12)5-3-8/h2-6,13H,1H3. The van der Waals surface area contributed by atoms with Gasteiger partial charge in [0.25, 0.3) is 0 Å². The second-order valence-corrected chi connectivity index (χ2v) is 4.57. The SMILES string of the molecule is Cc1cc(-c2ccc(Cl)cc2)sc1O. The average molecular weight is 225 g/mol. The molecule has 0 aliphatic rings. The van der Waals surface area contributed by atoms with Crippen LogP contribution in [-0.4, -0.2) is 5.11 Å². The number of rotatable bonds is 1. The van der Waals surface area contributed by atoms with Gasteiger partial charge in [-0.3, -0.25) is 0 Å². The molecule has 0 saturated carbocycles. The lowest BCUT2D eigenvalue weighted by Crippen LogP contribution is -1.70. The molecule has 2 aromatic rings. The summed E-state index contributed by atoms with van der Waals surface area (Å²) in [7, 11) is 0. The normalized spacial score (nSPS) is 10.4. The zero-order valence-corrected chi connectivity index (χ0v) is 9.19. The van der Waals surface area contributed by atoms with Gasteiger partial charge in [-0.2, -0.15) is 0 Å². The minimum absolute atomic E-state index is 0.384. The molecule has 0 spiro atoms. The summed E-state index contributed by atoms with van der Waals surface area (Å²) in [5.41, 5.74) is 2.00. The van der Waals surface area contributed by atoms with Crippen LogP contribution in [0.1, 0.15) is 5.56 Å². The molecule has 0 bridgehead atoms. The quantitative estimate of drug-likeness (QED) is 0.774. The highest BCUT2D eigenvalue weighted by atomic mass is 35.5. The predicted octanol–water partition coefficient (Wildman–Crippen LogP) is 4.08. The van der Waals surface area contributed by atoms with Gasteiger partial charge in [0.2, 0.25) is 0 Å². The highest BCUT2D eigenvalue weighted by Crippen LogP contribution is 2.35. The van der Waals surface area contributed by atoms with Crippen LogP contribution in [0.15, 0.2) is 30.3 Å². The Bertz CT molecular complexity index is 425. The Labute approximate surface area is 91.6 Å². The third-order valence-electron chi connectivity index (χ3n) is 2.02. The third-order valence-corrected chi connectivity index (χ3v) is 3.36. The summed E-state index contributed by atoms with van der Waals surface area (Å²) in [4.78, 5) is 1.07. The molecule has 1 aromatic carbocycles. The molecule has 0 aliphatic heterocycles. The molecule has 2 rings (SSSR count). The van der Waals surface area contributed by atoms with Gasteiger partial charge in [-0.25, -0.2) is 0 Å². The van der Waals surface area contributed by atoms with Crippen molar-refractivity contribution in [3.63, 3.8) is 0 Å². The summed E-state index contributed by atoms with van der Waals surface area (Å²) in [5, 5.41) is 10.6. The summed E-state index contributed by atoms with van der Waals surface area (Å²) in [6, 6.07) is 9.58. The molecule has 0 saturated heterocycles. The van der Waals surface area contributed by atoms with Crippen LogP contribution in [0.3, 0.4) is 0 Å². The topological polar surface area (TPSA) is 20.2 Å². The van der Waals surface area contributed by atoms with E-state index in [2.05, 4.69) is 0 Å². The Morgan fingerprint density at radius 3 is 2.36 bits per heavy atom. The minimum Gasteiger partial charge on any atom is -0.499 e. The largest absolute Gasteiger partial charge is 0.499 e. The number of aromatic hydroxyl groups is 1. The third kappa shape index (κ3) is 1.76. The molecular formula is C11H9ClOS. The van der Waals surface area contributed by atoms with E-state index in [9.17, 15) is 5.11 Å². The van der Waals surface area contributed by atoms with Crippen molar-refractivity contribution in [2.45, 2.75) is 6.92 Å². The Kier molecular flexibility index (Phi) is 2.48. The molecule has 0 amide bonds. The number of thiophene rings is 1. The lowest BCUT2D eigenvalue weighted by atomic mass is 10.2. The van der Waals surface area contributed by atoms with Crippen LogP contribution in [0, 0.1) is 6.92 Å². The number of benzene rings is 1. The highest BCUT2D eigenvalue weighted by molar-refractivity contribution is 7.17. The number of hydrogen-bond donors (Lipinski definition) is 1. The lowest BCUT2D eigenvalue weighted by Gasteiger charge is -1.95. The number of hydrogen-bond acceptors (Lipinski definition) is 2. The van der Waals surface area contributed by atoms with Gasteiger partial charge in [0, 0.05) is 15.5 Å². The van der Waals surface area contributed by atoms with Gasteiger partial charge in [-0.05, 0) is 30.7 Å². The first-order chi connectivity index (χ1) is 6.66. The average Bonchev–Trinajstić information content (AvgIpc) is 2.48.